The number of aryl methyl sites for hydroxylation is 1. The quantitative estimate of drug-likeness (QED) is 0.877. The molecular weight excluding hydrogens is 247 g/mol. The first-order chi connectivity index (χ1) is 8.82. The van der Waals surface area contributed by atoms with Gasteiger partial charge in [0.1, 0.15) is 11.4 Å². The van der Waals surface area contributed by atoms with Crippen LogP contribution in [0.5, 0.6) is 0 Å². The number of amides is 2. The Morgan fingerprint density at radius 1 is 1.37 bits per heavy atom. The molecule has 0 aromatic heterocycles. The second kappa shape index (κ2) is 4.64. The molecule has 1 N–H and O–H groups in total. The highest BCUT2D eigenvalue weighted by atomic mass is 19.1. The number of carbonyl (C=O) groups is 2. The van der Waals surface area contributed by atoms with Gasteiger partial charge in [0, 0.05) is 6.54 Å². The molecule has 2 amide bonds. The summed E-state index contributed by atoms with van der Waals surface area (Å²) in [6, 6.07) is 4.45. The lowest BCUT2D eigenvalue weighted by atomic mass is 9.96. The van der Waals surface area contributed by atoms with Crippen molar-refractivity contribution < 1.29 is 14.0 Å². The van der Waals surface area contributed by atoms with Crippen LogP contribution in [0.3, 0.4) is 0 Å². The van der Waals surface area contributed by atoms with Crippen LogP contribution in [0.1, 0.15) is 25.0 Å². The van der Waals surface area contributed by atoms with Gasteiger partial charge in [-0.05, 0) is 44.0 Å². The highest BCUT2D eigenvalue weighted by Gasteiger charge is 2.41. The summed E-state index contributed by atoms with van der Waals surface area (Å²) in [6.45, 7) is 5.53. The van der Waals surface area contributed by atoms with E-state index in [1.54, 1.807) is 26.8 Å². The topological polar surface area (TPSA) is 49.4 Å². The van der Waals surface area contributed by atoms with Gasteiger partial charge in [0.05, 0.1) is 6.54 Å². The van der Waals surface area contributed by atoms with E-state index in [4.69, 9.17) is 0 Å². The molecule has 1 saturated heterocycles. The number of halogens is 1. The Kier molecular flexibility index (Phi) is 3.30. The fourth-order valence-electron chi connectivity index (χ4n) is 2.19. The lowest BCUT2D eigenvalue weighted by Crippen LogP contribution is -2.63. The van der Waals surface area contributed by atoms with Crippen LogP contribution in [0.2, 0.25) is 0 Å². The second-order valence-electron chi connectivity index (χ2n) is 5.29. The molecule has 1 aliphatic heterocycles. The molecule has 0 bridgehead atoms. The first-order valence-corrected chi connectivity index (χ1v) is 6.16. The van der Waals surface area contributed by atoms with Gasteiger partial charge in [0.2, 0.25) is 11.8 Å². The maximum Gasteiger partial charge on any atom is 0.245 e. The Labute approximate surface area is 111 Å². The summed E-state index contributed by atoms with van der Waals surface area (Å²) in [6.07, 6.45) is 0. The van der Waals surface area contributed by atoms with Crippen LogP contribution in [0.4, 0.5) is 4.39 Å². The van der Waals surface area contributed by atoms with Crippen molar-refractivity contribution >= 4 is 11.8 Å². The summed E-state index contributed by atoms with van der Waals surface area (Å²) in [5.41, 5.74) is 0.725. The van der Waals surface area contributed by atoms with Crippen LogP contribution >= 0.6 is 0 Å². The standard InChI is InChI=1S/C14H17FN2O2/c1-9-6-11(15)5-4-10(9)8-17-12(18)7-16-13(19)14(17,2)3/h4-6H,7-8H2,1-3H3,(H,16,19). The third kappa shape index (κ3) is 2.45. The predicted octanol–water partition coefficient (Wildman–Crippen LogP) is 1.37. The monoisotopic (exact) mass is 264 g/mol. The molecule has 1 aromatic carbocycles. The smallest absolute Gasteiger partial charge is 0.245 e. The molecule has 19 heavy (non-hydrogen) atoms. The number of rotatable bonds is 2. The number of hydrogen-bond acceptors (Lipinski definition) is 2. The average Bonchev–Trinajstić information content (AvgIpc) is 2.32. The van der Waals surface area contributed by atoms with Gasteiger partial charge >= 0.3 is 0 Å². The van der Waals surface area contributed by atoms with Crippen molar-refractivity contribution in [2.45, 2.75) is 32.9 Å². The van der Waals surface area contributed by atoms with Gasteiger partial charge in [-0.15, -0.1) is 0 Å². The number of piperazine rings is 1. The molecule has 0 atom stereocenters. The Hall–Kier alpha value is -1.91. The molecule has 4 nitrogen and oxygen atoms in total. The first kappa shape index (κ1) is 13.5. The lowest BCUT2D eigenvalue weighted by molar-refractivity contribution is -0.152. The van der Waals surface area contributed by atoms with Crippen LogP contribution < -0.4 is 5.32 Å². The molecule has 1 aromatic rings. The zero-order valence-electron chi connectivity index (χ0n) is 11.3. The summed E-state index contributed by atoms with van der Waals surface area (Å²) < 4.78 is 13.1. The minimum absolute atomic E-state index is 0.0164. The molecule has 0 spiro atoms. The fraction of sp³-hybridized carbons (Fsp3) is 0.429. The zero-order valence-corrected chi connectivity index (χ0v) is 11.3. The Morgan fingerprint density at radius 3 is 2.68 bits per heavy atom. The van der Waals surface area contributed by atoms with E-state index in [0.717, 1.165) is 11.1 Å². The minimum Gasteiger partial charge on any atom is -0.345 e. The van der Waals surface area contributed by atoms with Gasteiger partial charge in [-0.2, -0.15) is 0 Å². The van der Waals surface area contributed by atoms with Crippen molar-refractivity contribution in [3.63, 3.8) is 0 Å². The highest BCUT2D eigenvalue weighted by Crippen LogP contribution is 2.23. The van der Waals surface area contributed by atoms with Crippen LogP contribution in [0, 0.1) is 12.7 Å². The van der Waals surface area contributed by atoms with E-state index >= 15 is 0 Å². The van der Waals surface area contributed by atoms with Gasteiger partial charge in [-0.1, -0.05) is 6.07 Å². The van der Waals surface area contributed by atoms with Gasteiger partial charge in [0.25, 0.3) is 0 Å². The predicted molar refractivity (Wildman–Crippen MR) is 68.8 cm³/mol. The molecule has 1 heterocycles. The molecule has 0 radical (unpaired) electrons. The van der Waals surface area contributed by atoms with E-state index in [2.05, 4.69) is 5.32 Å². The average molecular weight is 264 g/mol. The first-order valence-electron chi connectivity index (χ1n) is 6.16. The summed E-state index contributed by atoms with van der Waals surface area (Å²) >= 11 is 0. The lowest BCUT2D eigenvalue weighted by Gasteiger charge is -2.41. The Bertz CT molecular complexity index is 540. The normalized spacial score (nSPS) is 18.4. The maximum atomic E-state index is 13.1. The largest absolute Gasteiger partial charge is 0.345 e. The maximum absolute atomic E-state index is 13.1. The Morgan fingerprint density at radius 2 is 2.05 bits per heavy atom. The summed E-state index contributed by atoms with van der Waals surface area (Å²) in [7, 11) is 0. The van der Waals surface area contributed by atoms with Crippen LogP contribution in [-0.4, -0.2) is 28.8 Å². The van der Waals surface area contributed by atoms with Crippen molar-refractivity contribution in [3.8, 4) is 0 Å². The zero-order chi connectivity index (χ0) is 14.2. The highest BCUT2D eigenvalue weighted by molar-refractivity contribution is 5.97. The van der Waals surface area contributed by atoms with Crippen molar-refractivity contribution in [2.75, 3.05) is 6.54 Å². The molecule has 5 heteroatoms. The molecular formula is C14H17FN2O2. The van der Waals surface area contributed by atoms with E-state index in [0.29, 0.717) is 6.54 Å². The van der Waals surface area contributed by atoms with E-state index in [1.807, 2.05) is 0 Å². The summed E-state index contributed by atoms with van der Waals surface area (Å²) in [5.74, 6) is -0.608. The number of nitrogens with one attached hydrogen (secondary N) is 1. The number of hydrogen-bond donors (Lipinski definition) is 1. The number of nitrogens with zero attached hydrogens (tertiary/aromatic N) is 1. The van der Waals surface area contributed by atoms with Crippen molar-refractivity contribution in [3.05, 3.63) is 35.1 Å². The molecule has 0 aliphatic carbocycles. The van der Waals surface area contributed by atoms with Crippen LogP contribution in [0.15, 0.2) is 18.2 Å². The van der Waals surface area contributed by atoms with Gasteiger partial charge in [-0.3, -0.25) is 9.59 Å². The molecule has 102 valence electrons. The number of carbonyl (C=O) groups excluding carboxylic acids is 2. The molecule has 0 saturated carbocycles. The van der Waals surface area contributed by atoms with E-state index in [-0.39, 0.29) is 24.2 Å². The van der Waals surface area contributed by atoms with Crippen molar-refractivity contribution in [1.29, 1.82) is 0 Å². The van der Waals surface area contributed by atoms with Gasteiger partial charge in [0.15, 0.2) is 0 Å². The van der Waals surface area contributed by atoms with Gasteiger partial charge in [-0.25, -0.2) is 4.39 Å². The van der Waals surface area contributed by atoms with Crippen molar-refractivity contribution in [1.82, 2.24) is 10.2 Å². The van der Waals surface area contributed by atoms with Crippen LogP contribution in [0.25, 0.3) is 0 Å². The van der Waals surface area contributed by atoms with E-state index < -0.39 is 5.54 Å². The fourth-order valence-corrected chi connectivity index (χ4v) is 2.19. The number of benzene rings is 1. The van der Waals surface area contributed by atoms with E-state index in [9.17, 15) is 14.0 Å². The van der Waals surface area contributed by atoms with Crippen molar-refractivity contribution in [2.24, 2.45) is 0 Å². The van der Waals surface area contributed by atoms with Gasteiger partial charge < -0.3 is 10.2 Å². The molecule has 1 aliphatic rings. The minimum atomic E-state index is -0.893. The SMILES string of the molecule is Cc1cc(F)ccc1CN1C(=O)CNC(=O)C1(C)C. The molecule has 0 unspecified atom stereocenters. The summed E-state index contributed by atoms with van der Waals surface area (Å²) in [4.78, 5) is 25.3. The molecule has 2 rings (SSSR count). The van der Waals surface area contributed by atoms with Crippen LogP contribution in [-0.2, 0) is 16.1 Å². The third-order valence-electron chi connectivity index (χ3n) is 3.56. The third-order valence-corrected chi connectivity index (χ3v) is 3.56. The second-order valence-corrected chi connectivity index (χ2v) is 5.29. The Balaban J connectivity index is 2.29. The van der Waals surface area contributed by atoms with E-state index in [1.165, 1.54) is 17.0 Å². The summed E-state index contributed by atoms with van der Waals surface area (Å²) in [5, 5.41) is 2.57. The molecule has 1 fully saturated rings.